The molecule has 0 saturated carbocycles. The Kier molecular flexibility index (Phi) is 3.50. The molecule has 2 aromatic rings. The molecule has 0 spiro atoms. The number of rotatable bonds is 4. The summed E-state index contributed by atoms with van der Waals surface area (Å²) in [6.07, 6.45) is 2.45. The quantitative estimate of drug-likeness (QED) is 0.816. The van der Waals surface area contributed by atoms with E-state index in [0.29, 0.717) is 17.1 Å². The largest absolute Gasteiger partial charge is 0.286 e. The number of ketones is 1. The Morgan fingerprint density at radius 1 is 1.62 bits per heavy atom. The lowest BCUT2D eigenvalue weighted by Crippen LogP contribution is -2.10. The molecule has 0 aliphatic heterocycles. The normalized spacial score (nSPS) is 10.6. The third kappa shape index (κ3) is 2.22. The highest BCUT2D eigenvalue weighted by atomic mass is 79.9. The molecule has 6 heteroatoms. The van der Waals surface area contributed by atoms with Crippen molar-refractivity contribution in [1.82, 2.24) is 15.0 Å². The second-order valence-electron chi connectivity index (χ2n) is 3.30. The fourth-order valence-electron chi connectivity index (χ4n) is 1.37. The Balaban J connectivity index is 2.30. The fourth-order valence-corrected chi connectivity index (χ4v) is 2.74. The van der Waals surface area contributed by atoms with Crippen molar-refractivity contribution < 1.29 is 4.79 Å². The van der Waals surface area contributed by atoms with Crippen LogP contribution in [0.2, 0.25) is 0 Å². The second-order valence-corrected chi connectivity index (χ2v) is 5.13. The Morgan fingerprint density at radius 3 is 3.06 bits per heavy atom. The molecule has 0 saturated heterocycles. The van der Waals surface area contributed by atoms with E-state index >= 15 is 0 Å². The van der Waals surface area contributed by atoms with Crippen molar-refractivity contribution in [3.05, 3.63) is 32.7 Å². The lowest BCUT2D eigenvalue weighted by Gasteiger charge is -2.01. The highest BCUT2D eigenvalue weighted by Gasteiger charge is 2.16. The van der Waals surface area contributed by atoms with Gasteiger partial charge in [-0.2, -0.15) is 0 Å². The predicted octanol–water partition coefficient (Wildman–Crippen LogP) is 2.74. The maximum Gasteiger partial charge on any atom is 0.222 e. The van der Waals surface area contributed by atoms with Gasteiger partial charge in [-0.05, 0) is 28.4 Å². The summed E-state index contributed by atoms with van der Waals surface area (Å²) in [5.41, 5.74) is 0.552. The van der Waals surface area contributed by atoms with Gasteiger partial charge in [0.15, 0.2) is 0 Å². The molecule has 0 aliphatic carbocycles. The van der Waals surface area contributed by atoms with E-state index in [9.17, 15) is 4.79 Å². The van der Waals surface area contributed by atoms with Gasteiger partial charge in [-0.15, -0.1) is 16.4 Å². The zero-order valence-corrected chi connectivity index (χ0v) is 11.1. The van der Waals surface area contributed by atoms with E-state index in [0.717, 1.165) is 10.9 Å². The first-order valence-electron chi connectivity index (χ1n) is 4.89. The van der Waals surface area contributed by atoms with Gasteiger partial charge < -0.3 is 0 Å². The van der Waals surface area contributed by atoms with Gasteiger partial charge in [-0.1, -0.05) is 12.1 Å². The Bertz CT molecular complexity index is 506. The van der Waals surface area contributed by atoms with Gasteiger partial charge in [0.25, 0.3) is 0 Å². The number of carbonyl (C=O) groups is 1. The summed E-state index contributed by atoms with van der Waals surface area (Å²) < 4.78 is 2.58. The lowest BCUT2D eigenvalue weighted by molar-refractivity contribution is 0.103. The van der Waals surface area contributed by atoms with Crippen LogP contribution in [0.15, 0.2) is 22.1 Å². The van der Waals surface area contributed by atoms with E-state index in [2.05, 4.69) is 26.2 Å². The zero-order chi connectivity index (χ0) is 11.5. The number of carbonyl (C=O) groups excluding carboxylic acids is 1. The third-order valence-corrected chi connectivity index (χ3v) is 3.77. The highest BCUT2D eigenvalue weighted by Crippen LogP contribution is 2.22. The number of aromatic nitrogens is 3. The number of hydrogen-bond donors (Lipinski definition) is 0. The van der Waals surface area contributed by atoms with Crippen molar-refractivity contribution in [2.24, 2.45) is 0 Å². The van der Waals surface area contributed by atoms with Crippen LogP contribution in [0.5, 0.6) is 0 Å². The maximum atomic E-state index is 12.1. The van der Waals surface area contributed by atoms with Crippen LogP contribution in [0.25, 0.3) is 0 Å². The molecular weight excluding hydrogens is 290 g/mol. The van der Waals surface area contributed by atoms with Crippen LogP contribution >= 0.6 is 27.3 Å². The first kappa shape index (κ1) is 11.5. The molecule has 0 radical (unpaired) electrons. The van der Waals surface area contributed by atoms with E-state index in [1.54, 1.807) is 4.68 Å². The summed E-state index contributed by atoms with van der Waals surface area (Å²) >= 11 is 4.75. The van der Waals surface area contributed by atoms with Crippen LogP contribution in [0, 0.1) is 0 Å². The molecule has 0 bridgehead atoms. The molecule has 0 unspecified atom stereocenters. The molecule has 0 aliphatic rings. The minimum absolute atomic E-state index is 0.0193. The van der Waals surface area contributed by atoms with Crippen LogP contribution < -0.4 is 0 Å². The van der Waals surface area contributed by atoms with Gasteiger partial charge >= 0.3 is 0 Å². The van der Waals surface area contributed by atoms with Crippen LogP contribution in [0.3, 0.4) is 0 Å². The summed E-state index contributed by atoms with van der Waals surface area (Å²) in [4.78, 5) is 12.8. The number of aryl methyl sites for hydroxylation is 1. The molecular formula is C10H10BrN3OS. The van der Waals surface area contributed by atoms with Gasteiger partial charge in [-0.25, -0.2) is 4.68 Å². The maximum absolute atomic E-state index is 12.1. The summed E-state index contributed by atoms with van der Waals surface area (Å²) in [6, 6.07) is 1.82. The molecule has 84 valence electrons. The van der Waals surface area contributed by atoms with Gasteiger partial charge in [0.2, 0.25) is 5.78 Å². The molecule has 2 aromatic heterocycles. The monoisotopic (exact) mass is 299 g/mol. The first-order valence-corrected chi connectivity index (χ1v) is 6.57. The predicted molar refractivity (Wildman–Crippen MR) is 65.8 cm³/mol. The molecule has 4 nitrogen and oxygen atoms in total. The van der Waals surface area contributed by atoms with Crippen LogP contribution in [-0.4, -0.2) is 20.8 Å². The summed E-state index contributed by atoms with van der Waals surface area (Å²) in [5.74, 6) is -0.0193. The van der Waals surface area contributed by atoms with Gasteiger partial charge in [-0.3, -0.25) is 4.79 Å². The van der Waals surface area contributed by atoms with Crippen LogP contribution in [0.1, 0.15) is 28.7 Å². The number of thiophene rings is 1. The SMILES string of the molecule is CCCn1nncc1C(=O)c1cc(Br)cs1. The molecule has 2 rings (SSSR count). The van der Waals surface area contributed by atoms with Gasteiger partial charge in [0.1, 0.15) is 5.69 Å². The van der Waals surface area contributed by atoms with Crippen LogP contribution in [0.4, 0.5) is 0 Å². The average molecular weight is 300 g/mol. The average Bonchev–Trinajstić information content (AvgIpc) is 2.87. The second kappa shape index (κ2) is 4.88. The summed E-state index contributed by atoms with van der Waals surface area (Å²) in [5, 5.41) is 9.57. The molecule has 0 atom stereocenters. The number of halogens is 1. The minimum atomic E-state index is -0.0193. The number of hydrogen-bond acceptors (Lipinski definition) is 4. The van der Waals surface area contributed by atoms with Crippen LogP contribution in [-0.2, 0) is 6.54 Å². The lowest BCUT2D eigenvalue weighted by atomic mass is 10.2. The smallest absolute Gasteiger partial charge is 0.222 e. The topological polar surface area (TPSA) is 47.8 Å². The highest BCUT2D eigenvalue weighted by molar-refractivity contribution is 9.10. The molecule has 16 heavy (non-hydrogen) atoms. The summed E-state index contributed by atoms with van der Waals surface area (Å²) in [7, 11) is 0. The molecule has 0 amide bonds. The molecule has 0 aromatic carbocycles. The molecule has 2 heterocycles. The van der Waals surface area contributed by atoms with Crippen molar-refractivity contribution in [3.63, 3.8) is 0 Å². The van der Waals surface area contributed by atoms with Crippen molar-refractivity contribution in [2.75, 3.05) is 0 Å². The van der Waals surface area contributed by atoms with E-state index in [1.807, 2.05) is 18.4 Å². The standard InChI is InChI=1S/C10H10BrN3OS/c1-2-3-14-8(5-12-13-14)10(15)9-4-7(11)6-16-9/h4-6H,2-3H2,1H3. The van der Waals surface area contributed by atoms with Gasteiger partial charge in [0.05, 0.1) is 11.1 Å². The van der Waals surface area contributed by atoms with E-state index in [-0.39, 0.29) is 5.78 Å². The zero-order valence-electron chi connectivity index (χ0n) is 8.68. The van der Waals surface area contributed by atoms with Crippen molar-refractivity contribution in [3.8, 4) is 0 Å². The van der Waals surface area contributed by atoms with E-state index in [1.165, 1.54) is 17.5 Å². The van der Waals surface area contributed by atoms with Gasteiger partial charge in [0, 0.05) is 16.4 Å². The fraction of sp³-hybridized carbons (Fsp3) is 0.300. The van der Waals surface area contributed by atoms with Crippen molar-refractivity contribution in [2.45, 2.75) is 19.9 Å². The van der Waals surface area contributed by atoms with E-state index in [4.69, 9.17) is 0 Å². The minimum Gasteiger partial charge on any atom is -0.286 e. The third-order valence-electron chi connectivity index (χ3n) is 2.08. The molecule has 0 fully saturated rings. The Morgan fingerprint density at radius 2 is 2.44 bits per heavy atom. The Hall–Kier alpha value is -1.01. The van der Waals surface area contributed by atoms with Crippen molar-refractivity contribution >= 4 is 33.0 Å². The number of nitrogens with zero attached hydrogens (tertiary/aromatic N) is 3. The van der Waals surface area contributed by atoms with Crippen molar-refractivity contribution in [1.29, 1.82) is 0 Å². The molecule has 0 N–H and O–H groups in total. The summed E-state index contributed by atoms with van der Waals surface area (Å²) in [6.45, 7) is 2.76. The Labute approximate surface area is 105 Å². The van der Waals surface area contributed by atoms with E-state index < -0.39 is 0 Å². The first-order chi connectivity index (χ1) is 7.72.